The van der Waals surface area contributed by atoms with Crippen LogP contribution in [0.15, 0.2) is 0 Å². The van der Waals surface area contributed by atoms with Gasteiger partial charge in [-0.15, -0.1) is 0 Å². The third-order valence-electron chi connectivity index (χ3n) is 2.92. The van der Waals surface area contributed by atoms with E-state index >= 15 is 0 Å². The van der Waals surface area contributed by atoms with Crippen molar-refractivity contribution in [3.63, 3.8) is 0 Å². The van der Waals surface area contributed by atoms with Crippen LogP contribution in [-0.4, -0.2) is 29.1 Å². The number of hydrogen-bond donors (Lipinski definition) is 3. The van der Waals surface area contributed by atoms with E-state index in [4.69, 9.17) is 10.8 Å². The minimum Gasteiger partial charge on any atom is -0.480 e. The second kappa shape index (κ2) is 4.61. The van der Waals surface area contributed by atoms with E-state index < -0.39 is 11.5 Å². The Balaban J connectivity index is 2.39. The molecule has 0 saturated heterocycles. The van der Waals surface area contributed by atoms with Crippen molar-refractivity contribution < 1.29 is 14.7 Å². The number of nitrogens with two attached hydrogens (primary N) is 1. The van der Waals surface area contributed by atoms with Gasteiger partial charge in [-0.05, 0) is 25.3 Å². The van der Waals surface area contributed by atoms with Crippen molar-refractivity contribution in [2.75, 3.05) is 6.54 Å². The number of carboxylic acids is 1. The topological polar surface area (TPSA) is 92.4 Å². The zero-order valence-corrected chi connectivity index (χ0v) is 8.95. The molecule has 0 radical (unpaired) electrons. The molecule has 1 aliphatic carbocycles. The highest BCUT2D eigenvalue weighted by Gasteiger charge is 2.51. The van der Waals surface area contributed by atoms with Crippen molar-refractivity contribution >= 4 is 11.9 Å². The van der Waals surface area contributed by atoms with Gasteiger partial charge in [-0.25, -0.2) is 4.79 Å². The van der Waals surface area contributed by atoms with Crippen LogP contribution in [0, 0.1) is 5.92 Å². The molecule has 1 saturated carbocycles. The Kier molecular flexibility index (Phi) is 3.68. The molecule has 4 N–H and O–H groups in total. The summed E-state index contributed by atoms with van der Waals surface area (Å²) in [6.45, 7) is 2.43. The fourth-order valence-corrected chi connectivity index (χ4v) is 1.49. The summed E-state index contributed by atoms with van der Waals surface area (Å²) in [4.78, 5) is 22.3. The molecule has 15 heavy (non-hydrogen) atoms. The fourth-order valence-electron chi connectivity index (χ4n) is 1.49. The molecule has 1 fully saturated rings. The van der Waals surface area contributed by atoms with Gasteiger partial charge in [0.25, 0.3) is 0 Å². The first-order valence-corrected chi connectivity index (χ1v) is 5.28. The predicted molar refractivity (Wildman–Crippen MR) is 55.2 cm³/mol. The minimum atomic E-state index is -0.968. The monoisotopic (exact) mass is 214 g/mol. The second-order valence-electron chi connectivity index (χ2n) is 4.15. The van der Waals surface area contributed by atoms with Crippen molar-refractivity contribution in [2.24, 2.45) is 11.7 Å². The van der Waals surface area contributed by atoms with Gasteiger partial charge < -0.3 is 16.2 Å². The van der Waals surface area contributed by atoms with Gasteiger partial charge in [-0.2, -0.15) is 0 Å². The molecule has 5 heteroatoms. The number of carbonyl (C=O) groups is 2. The smallest absolute Gasteiger partial charge is 0.329 e. The molecule has 1 atom stereocenters. The van der Waals surface area contributed by atoms with Crippen molar-refractivity contribution in [1.82, 2.24) is 5.32 Å². The van der Waals surface area contributed by atoms with Gasteiger partial charge in [0.15, 0.2) is 0 Å². The maximum atomic E-state index is 11.5. The lowest BCUT2D eigenvalue weighted by molar-refractivity contribution is -0.143. The van der Waals surface area contributed by atoms with Crippen LogP contribution in [0.5, 0.6) is 0 Å². The van der Waals surface area contributed by atoms with Crippen LogP contribution in [-0.2, 0) is 9.59 Å². The summed E-state index contributed by atoms with van der Waals surface area (Å²) in [5, 5.41) is 11.4. The van der Waals surface area contributed by atoms with Gasteiger partial charge in [-0.1, -0.05) is 13.3 Å². The Hall–Kier alpha value is -1.10. The number of amides is 1. The molecule has 0 heterocycles. The molecule has 1 amide bonds. The highest BCUT2D eigenvalue weighted by molar-refractivity contribution is 5.89. The van der Waals surface area contributed by atoms with Crippen molar-refractivity contribution in [2.45, 2.75) is 38.1 Å². The molecule has 1 unspecified atom stereocenters. The SMILES string of the molecule is CCC(CN)CC(=O)NC1(C(=O)O)CC1. The first-order valence-electron chi connectivity index (χ1n) is 5.28. The summed E-state index contributed by atoms with van der Waals surface area (Å²) < 4.78 is 0. The third-order valence-corrected chi connectivity index (χ3v) is 2.92. The molecule has 86 valence electrons. The highest BCUT2D eigenvalue weighted by Crippen LogP contribution is 2.35. The van der Waals surface area contributed by atoms with Gasteiger partial charge in [0.2, 0.25) is 5.91 Å². The van der Waals surface area contributed by atoms with Gasteiger partial charge >= 0.3 is 5.97 Å². The molecule has 0 aromatic carbocycles. The highest BCUT2D eigenvalue weighted by atomic mass is 16.4. The lowest BCUT2D eigenvalue weighted by Crippen LogP contribution is -2.43. The Morgan fingerprint density at radius 1 is 1.53 bits per heavy atom. The van der Waals surface area contributed by atoms with Crippen molar-refractivity contribution in [1.29, 1.82) is 0 Å². The first-order chi connectivity index (χ1) is 7.04. The third kappa shape index (κ3) is 2.92. The van der Waals surface area contributed by atoms with E-state index in [-0.39, 0.29) is 11.8 Å². The zero-order valence-electron chi connectivity index (χ0n) is 8.95. The van der Waals surface area contributed by atoms with Crippen molar-refractivity contribution in [3.8, 4) is 0 Å². The maximum absolute atomic E-state index is 11.5. The molecule has 0 bridgehead atoms. The van der Waals surface area contributed by atoms with E-state index in [1.54, 1.807) is 0 Å². The summed E-state index contributed by atoms with van der Waals surface area (Å²) >= 11 is 0. The van der Waals surface area contributed by atoms with Crippen molar-refractivity contribution in [3.05, 3.63) is 0 Å². The van der Waals surface area contributed by atoms with Gasteiger partial charge in [0.1, 0.15) is 5.54 Å². The molecule has 0 aromatic rings. The van der Waals surface area contributed by atoms with Gasteiger partial charge in [-0.3, -0.25) is 4.79 Å². The summed E-state index contributed by atoms with van der Waals surface area (Å²) in [7, 11) is 0. The number of aliphatic carboxylic acids is 1. The van der Waals surface area contributed by atoms with E-state index in [1.165, 1.54) is 0 Å². The number of carboxylic acid groups (broad SMARTS) is 1. The second-order valence-corrected chi connectivity index (χ2v) is 4.15. The molecular weight excluding hydrogens is 196 g/mol. The Bertz CT molecular complexity index is 257. The summed E-state index contributed by atoms with van der Waals surface area (Å²) in [6.07, 6.45) is 2.23. The average Bonchev–Trinajstić information content (AvgIpc) is 2.95. The Labute approximate surface area is 89.0 Å². The lowest BCUT2D eigenvalue weighted by Gasteiger charge is -2.15. The van der Waals surface area contributed by atoms with E-state index in [9.17, 15) is 9.59 Å². The van der Waals surface area contributed by atoms with Gasteiger partial charge in [0.05, 0.1) is 0 Å². The molecule has 1 aliphatic rings. The Morgan fingerprint density at radius 2 is 2.13 bits per heavy atom. The van der Waals surface area contributed by atoms with Gasteiger partial charge in [0, 0.05) is 6.42 Å². The van der Waals surface area contributed by atoms with E-state index in [0.29, 0.717) is 25.8 Å². The van der Waals surface area contributed by atoms with Crippen LogP contribution in [0.2, 0.25) is 0 Å². The van der Waals surface area contributed by atoms with Crippen LogP contribution >= 0.6 is 0 Å². The maximum Gasteiger partial charge on any atom is 0.329 e. The largest absolute Gasteiger partial charge is 0.480 e. The standard InChI is InChI=1S/C10H18N2O3/c1-2-7(6-11)5-8(13)12-10(3-4-10)9(14)15/h7H,2-6,11H2,1H3,(H,12,13)(H,14,15). The summed E-state index contributed by atoms with van der Waals surface area (Å²) in [6, 6.07) is 0. The summed E-state index contributed by atoms with van der Waals surface area (Å²) in [5.74, 6) is -0.988. The number of rotatable bonds is 6. The Morgan fingerprint density at radius 3 is 2.47 bits per heavy atom. The van der Waals surface area contributed by atoms with E-state index in [1.807, 2.05) is 6.92 Å². The normalized spacial score (nSPS) is 19.3. The molecule has 0 spiro atoms. The molecular formula is C10H18N2O3. The van der Waals surface area contributed by atoms with E-state index in [0.717, 1.165) is 6.42 Å². The van der Waals surface area contributed by atoms with Crippen LogP contribution in [0.3, 0.4) is 0 Å². The average molecular weight is 214 g/mol. The molecule has 5 nitrogen and oxygen atoms in total. The zero-order chi connectivity index (χ0) is 11.5. The first kappa shape index (κ1) is 12.0. The predicted octanol–water partition coefficient (Wildman–Crippen LogP) is 0.0948. The molecule has 0 aliphatic heterocycles. The van der Waals surface area contributed by atoms with E-state index in [2.05, 4.69) is 5.32 Å². The van der Waals surface area contributed by atoms with Crippen LogP contribution in [0.4, 0.5) is 0 Å². The summed E-state index contributed by atoms with van der Waals surface area (Å²) in [5.41, 5.74) is 4.51. The van der Waals surface area contributed by atoms with Crippen LogP contribution < -0.4 is 11.1 Å². The fraction of sp³-hybridized carbons (Fsp3) is 0.800. The lowest BCUT2D eigenvalue weighted by atomic mass is 10.0. The molecule has 0 aromatic heterocycles. The molecule has 1 rings (SSSR count). The quantitative estimate of drug-likeness (QED) is 0.584. The minimum absolute atomic E-state index is 0.148. The van der Waals surface area contributed by atoms with Crippen LogP contribution in [0.1, 0.15) is 32.6 Å². The van der Waals surface area contributed by atoms with Crippen LogP contribution in [0.25, 0.3) is 0 Å². The number of carbonyl (C=O) groups excluding carboxylic acids is 1. The number of nitrogens with one attached hydrogen (secondary N) is 1. The number of hydrogen-bond acceptors (Lipinski definition) is 3.